The minimum atomic E-state index is -0.248. The van der Waals surface area contributed by atoms with Crippen molar-refractivity contribution in [3.63, 3.8) is 0 Å². The molecular weight excluding hydrogens is 266 g/mol. The molecule has 7 nitrogen and oxygen atoms in total. The molecule has 0 amide bonds. The number of guanidine groups is 1. The smallest absolute Gasteiger partial charge is 0.212 e. The molecule has 0 bridgehead atoms. The van der Waals surface area contributed by atoms with Crippen LogP contribution in [0.2, 0.25) is 0 Å². The molecule has 0 fully saturated rings. The zero-order valence-corrected chi connectivity index (χ0v) is 11.8. The molecule has 0 aliphatic carbocycles. The molecule has 0 spiro atoms. The molecule has 3 aromatic rings. The minimum absolute atomic E-state index is 0.248. The predicted octanol–water partition coefficient (Wildman–Crippen LogP) is 1.37. The Morgan fingerprint density at radius 3 is 2.86 bits per heavy atom. The van der Waals surface area contributed by atoms with Crippen LogP contribution in [0.25, 0.3) is 11.0 Å². The van der Waals surface area contributed by atoms with Crippen LogP contribution >= 0.6 is 0 Å². The predicted molar refractivity (Wildman–Crippen MR) is 81.1 cm³/mol. The van der Waals surface area contributed by atoms with Crippen molar-refractivity contribution >= 4 is 22.9 Å². The second-order valence-corrected chi connectivity index (χ2v) is 5.15. The number of imidazole rings is 1. The van der Waals surface area contributed by atoms with E-state index in [0.717, 1.165) is 22.3 Å². The summed E-state index contributed by atoms with van der Waals surface area (Å²) in [7, 11) is 1.90. The third kappa shape index (κ3) is 1.70. The standard InChI is InChI=1S/C14H15N7/c1-8-9(7-20(2)19-8)12-17-13(15)18-14-16-10-5-3-4-6-11(10)21(12)14/h3-7,12H,1-2H3,(H3,15,16,17,18). The van der Waals surface area contributed by atoms with Crippen LogP contribution in [0.3, 0.4) is 0 Å². The van der Waals surface area contributed by atoms with E-state index in [1.807, 2.05) is 44.4 Å². The summed E-state index contributed by atoms with van der Waals surface area (Å²) in [6.07, 6.45) is 1.73. The molecule has 0 saturated carbocycles. The highest BCUT2D eigenvalue weighted by Crippen LogP contribution is 2.33. The Morgan fingerprint density at radius 2 is 2.10 bits per heavy atom. The van der Waals surface area contributed by atoms with Crippen molar-refractivity contribution in [2.75, 3.05) is 5.32 Å². The van der Waals surface area contributed by atoms with Gasteiger partial charge >= 0.3 is 0 Å². The lowest BCUT2D eigenvalue weighted by Crippen LogP contribution is -2.31. The molecular formula is C14H15N7. The van der Waals surface area contributed by atoms with Gasteiger partial charge in [0.05, 0.1) is 16.7 Å². The monoisotopic (exact) mass is 281 g/mol. The molecule has 0 radical (unpaired) electrons. The molecule has 3 N–H and O–H groups in total. The van der Waals surface area contributed by atoms with Gasteiger partial charge in [0, 0.05) is 18.8 Å². The first kappa shape index (κ1) is 12.0. The van der Waals surface area contributed by atoms with Crippen LogP contribution < -0.4 is 11.1 Å². The number of nitrogens with one attached hydrogen (secondary N) is 1. The molecule has 1 aromatic carbocycles. The number of nitrogens with zero attached hydrogens (tertiary/aromatic N) is 5. The number of aromatic nitrogens is 4. The lowest BCUT2D eigenvalue weighted by Gasteiger charge is -2.23. The zero-order chi connectivity index (χ0) is 14.6. The van der Waals surface area contributed by atoms with Gasteiger partial charge in [-0.3, -0.25) is 14.6 Å². The average molecular weight is 281 g/mol. The fourth-order valence-electron chi connectivity index (χ4n) is 2.80. The van der Waals surface area contributed by atoms with Crippen molar-refractivity contribution in [1.29, 1.82) is 0 Å². The summed E-state index contributed by atoms with van der Waals surface area (Å²) in [6, 6.07) is 7.97. The number of anilines is 1. The van der Waals surface area contributed by atoms with Crippen LogP contribution in [0.15, 0.2) is 35.5 Å². The Balaban J connectivity index is 2.00. The molecule has 2 aromatic heterocycles. The Kier molecular flexibility index (Phi) is 2.32. The van der Waals surface area contributed by atoms with Gasteiger partial charge in [0.1, 0.15) is 0 Å². The maximum absolute atomic E-state index is 5.91. The van der Waals surface area contributed by atoms with Crippen LogP contribution in [0, 0.1) is 6.92 Å². The SMILES string of the molecule is Cc1nn(C)cc1C1N=C(N)Nc2nc3ccccc3n21. The summed E-state index contributed by atoms with van der Waals surface area (Å²) in [5.74, 6) is 1.07. The first-order chi connectivity index (χ1) is 10.1. The van der Waals surface area contributed by atoms with Gasteiger partial charge in [-0.05, 0) is 19.1 Å². The maximum atomic E-state index is 5.91. The number of hydrogen-bond acceptors (Lipinski definition) is 5. The highest BCUT2D eigenvalue weighted by Gasteiger charge is 2.27. The van der Waals surface area contributed by atoms with Gasteiger partial charge in [0.2, 0.25) is 5.95 Å². The van der Waals surface area contributed by atoms with E-state index >= 15 is 0 Å². The topological polar surface area (TPSA) is 86.1 Å². The summed E-state index contributed by atoms with van der Waals surface area (Å²) < 4.78 is 3.84. The lowest BCUT2D eigenvalue weighted by molar-refractivity contribution is 0.622. The Hall–Kier alpha value is -2.83. The Morgan fingerprint density at radius 1 is 1.29 bits per heavy atom. The van der Waals surface area contributed by atoms with Crippen molar-refractivity contribution in [1.82, 2.24) is 19.3 Å². The van der Waals surface area contributed by atoms with Crippen molar-refractivity contribution in [2.24, 2.45) is 17.8 Å². The van der Waals surface area contributed by atoms with Crippen molar-refractivity contribution in [3.05, 3.63) is 41.7 Å². The molecule has 3 heterocycles. The number of nitrogens with two attached hydrogens (primary N) is 1. The zero-order valence-electron chi connectivity index (χ0n) is 11.8. The highest BCUT2D eigenvalue weighted by molar-refractivity contribution is 5.94. The molecule has 21 heavy (non-hydrogen) atoms. The fraction of sp³-hybridized carbons (Fsp3) is 0.214. The molecule has 1 aliphatic rings. The van der Waals surface area contributed by atoms with Gasteiger partial charge in [-0.25, -0.2) is 9.98 Å². The fourth-order valence-corrected chi connectivity index (χ4v) is 2.80. The first-order valence-corrected chi connectivity index (χ1v) is 6.71. The number of aryl methyl sites for hydroxylation is 2. The molecule has 106 valence electrons. The van der Waals surface area contributed by atoms with Gasteiger partial charge in [0.15, 0.2) is 12.1 Å². The maximum Gasteiger partial charge on any atom is 0.212 e. The molecule has 4 rings (SSSR count). The normalized spacial score (nSPS) is 17.4. The summed E-state index contributed by atoms with van der Waals surface area (Å²) in [4.78, 5) is 9.12. The molecule has 0 saturated heterocycles. The lowest BCUT2D eigenvalue weighted by atomic mass is 10.2. The Bertz CT molecular complexity index is 871. The quantitative estimate of drug-likeness (QED) is 0.705. The van der Waals surface area contributed by atoms with Gasteiger partial charge in [-0.15, -0.1) is 0 Å². The van der Waals surface area contributed by atoms with Crippen molar-refractivity contribution < 1.29 is 0 Å². The van der Waals surface area contributed by atoms with Crippen LogP contribution in [0.4, 0.5) is 5.95 Å². The van der Waals surface area contributed by atoms with Gasteiger partial charge in [0.25, 0.3) is 0 Å². The van der Waals surface area contributed by atoms with E-state index < -0.39 is 0 Å². The molecule has 1 atom stereocenters. The second-order valence-electron chi connectivity index (χ2n) is 5.15. The van der Waals surface area contributed by atoms with E-state index in [-0.39, 0.29) is 6.17 Å². The number of hydrogen-bond donors (Lipinski definition) is 2. The summed E-state index contributed by atoms with van der Waals surface area (Å²) in [6.45, 7) is 1.97. The van der Waals surface area contributed by atoms with Crippen molar-refractivity contribution in [3.8, 4) is 0 Å². The number of aliphatic imine (C=N–C) groups is 1. The van der Waals surface area contributed by atoms with Crippen LogP contribution in [-0.4, -0.2) is 25.3 Å². The van der Waals surface area contributed by atoms with Crippen LogP contribution in [-0.2, 0) is 7.05 Å². The first-order valence-electron chi connectivity index (χ1n) is 6.71. The van der Waals surface area contributed by atoms with E-state index in [1.165, 1.54) is 0 Å². The summed E-state index contributed by atoms with van der Waals surface area (Å²) >= 11 is 0. The number of rotatable bonds is 1. The second kappa shape index (κ2) is 4.08. The largest absolute Gasteiger partial charge is 0.370 e. The molecule has 1 unspecified atom stereocenters. The Labute approximate surface area is 121 Å². The van der Waals surface area contributed by atoms with E-state index in [0.29, 0.717) is 11.9 Å². The van der Waals surface area contributed by atoms with Crippen LogP contribution in [0.1, 0.15) is 17.4 Å². The molecule has 7 heteroatoms. The summed E-state index contributed by atoms with van der Waals surface area (Å²) in [5.41, 5.74) is 9.80. The minimum Gasteiger partial charge on any atom is -0.370 e. The van der Waals surface area contributed by atoms with E-state index in [1.54, 1.807) is 4.68 Å². The number of fused-ring (bicyclic) bond motifs is 3. The van der Waals surface area contributed by atoms with Crippen LogP contribution in [0.5, 0.6) is 0 Å². The van der Waals surface area contributed by atoms with Gasteiger partial charge < -0.3 is 5.73 Å². The summed E-state index contributed by atoms with van der Waals surface area (Å²) in [5, 5.41) is 7.43. The number of para-hydroxylation sites is 2. The van der Waals surface area contributed by atoms with E-state index in [9.17, 15) is 0 Å². The van der Waals surface area contributed by atoms with Gasteiger partial charge in [-0.1, -0.05) is 12.1 Å². The van der Waals surface area contributed by atoms with Crippen molar-refractivity contribution in [2.45, 2.75) is 13.1 Å². The van der Waals surface area contributed by atoms with E-state index in [2.05, 4.69) is 25.0 Å². The number of benzene rings is 1. The average Bonchev–Trinajstić information content (AvgIpc) is 2.97. The third-order valence-corrected chi connectivity index (χ3v) is 3.67. The highest BCUT2D eigenvalue weighted by atomic mass is 15.4. The van der Waals surface area contributed by atoms with Gasteiger partial charge in [-0.2, -0.15) is 5.10 Å². The third-order valence-electron chi connectivity index (χ3n) is 3.67. The van der Waals surface area contributed by atoms with E-state index in [4.69, 9.17) is 5.73 Å². The molecule has 1 aliphatic heterocycles.